The molecule has 0 radical (unpaired) electrons. The highest BCUT2D eigenvalue weighted by molar-refractivity contribution is 5.40. The predicted molar refractivity (Wildman–Crippen MR) is 74.0 cm³/mol. The van der Waals surface area contributed by atoms with E-state index in [1.165, 1.54) is 11.1 Å². The highest BCUT2D eigenvalue weighted by atomic mass is 16.5. The van der Waals surface area contributed by atoms with Crippen LogP contribution in [0.25, 0.3) is 0 Å². The highest BCUT2D eigenvalue weighted by Crippen LogP contribution is 2.38. The molecule has 98 valence electrons. The van der Waals surface area contributed by atoms with Gasteiger partial charge in [0, 0.05) is 12.1 Å². The van der Waals surface area contributed by atoms with Gasteiger partial charge in [0.1, 0.15) is 11.9 Å². The average molecular weight is 255 g/mol. The summed E-state index contributed by atoms with van der Waals surface area (Å²) in [5.41, 5.74) is 3.24. The molecule has 0 aromatic heterocycles. The Morgan fingerprint density at radius 3 is 2.74 bits per heavy atom. The van der Waals surface area contributed by atoms with Gasteiger partial charge in [0.2, 0.25) is 0 Å². The Morgan fingerprint density at radius 2 is 1.89 bits per heavy atom. The minimum Gasteiger partial charge on any atom is -0.496 e. The summed E-state index contributed by atoms with van der Waals surface area (Å²) in [6, 6.07) is 15.7. The van der Waals surface area contributed by atoms with Crippen molar-refractivity contribution in [1.29, 1.82) is 0 Å². The molecule has 0 saturated heterocycles. The smallest absolute Gasteiger partial charge is 0.124 e. The van der Waals surface area contributed by atoms with Crippen molar-refractivity contribution in [2.45, 2.75) is 18.7 Å². The fourth-order valence-electron chi connectivity index (χ4n) is 2.70. The Balaban J connectivity index is 1.95. The number of fused-ring (bicyclic) bond motifs is 1. The van der Waals surface area contributed by atoms with Crippen LogP contribution in [0, 0.1) is 0 Å². The van der Waals surface area contributed by atoms with Crippen LogP contribution in [0.2, 0.25) is 0 Å². The van der Waals surface area contributed by atoms with Crippen LogP contribution in [-0.4, -0.2) is 12.2 Å². The van der Waals surface area contributed by atoms with Crippen LogP contribution in [0.5, 0.6) is 5.75 Å². The second-order valence-electron chi connectivity index (χ2n) is 4.74. The molecule has 2 atom stereocenters. The number of nitrogens with one attached hydrogen (secondary N) is 1. The van der Waals surface area contributed by atoms with Crippen LogP contribution >= 0.6 is 0 Å². The van der Waals surface area contributed by atoms with Crippen LogP contribution in [0.4, 0.5) is 0 Å². The number of benzene rings is 2. The Labute approximate surface area is 112 Å². The zero-order valence-electron chi connectivity index (χ0n) is 10.8. The van der Waals surface area contributed by atoms with E-state index < -0.39 is 6.10 Å². The van der Waals surface area contributed by atoms with Crippen molar-refractivity contribution in [3.8, 4) is 5.75 Å². The van der Waals surface area contributed by atoms with Crippen LogP contribution in [-0.2, 0) is 6.54 Å². The molecule has 3 heteroatoms. The van der Waals surface area contributed by atoms with E-state index in [4.69, 9.17) is 4.74 Å². The van der Waals surface area contributed by atoms with Gasteiger partial charge in [0.25, 0.3) is 0 Å². The minimum absolute atomic E-state index is 0.0764. The maximum atomic E-state index is 10.6. The average Bonchev–Trinajstić information content (AvgIpc) is 2.90. The summed E-state index contributed by atoms with van der Waals surface area (Å²) in [5.74, 6) is 0.723. The van der Waals surface area contributed by atoms with Crippen molar-refractivity contribution in [2.24, 2.45) is 0 Å². The highest BCUT2D eigenvalue weighted by Gasteiger charge is 2.30. The van der Waals surface area contributed by atoms with E-state index >= 15 is 0 Å². The first-order valence-electron chi connectivity index (χ1n) is 6.43. The van der Waals surface area contributed by atoms with Crippen molar-refractivity contribution in [2.75, 3.05) is 7.11 Å². The maximum absolute atomic E-state index is 10.6. The van der Waals surface area contributed by atoms with Crippen LogP contribution < -0.4 is 10.1 Å². The van der Waals surface area contributed by atoms with Crippen molar-refractivity contribution in [1.82, 2.24) is 5.32 Å². The van der Waals surface area contributed by atoms with E-state index in [-0.39, 0.29) is 6.04 Å². The van der Waals surface area contributed by atoms with Gasteiger partial charge in [-0.1, -0.05) is 42.5 Å². The Morgan fingerprint density at radius 1 is 1.16 bits per heavy atom. The Bertz CT molecular complexity index is 582. The van der Waals surface area contributed by atoms with Crippen LogP contribution in [0.15, 0.2) is 48.5 Å². The van der Waals surface area contributed by atoms with E-state index in [2.05, 4.69) is 17.4 Å². The lowest BCUT2D eigenvalue weighted by Crippen LogP contribution is -2.20. The van der Waals surface area contributed by atoms with E-state index in [0.29, 0.717) is 0 Å². The molecule has 19 heavy (non-hydrogen) atoms. The number of aliphatic hydroxyl groups excluding tert-OH is 1. The molecule has 1 heterocycles. The van der Waals surface area contributed by atoms with Crippen molar-refractivity contribution >= 4 is 0 Å². The Hall–Kier alpha value is -1.84. The largest absolute Gasteiger partial charge is 0.496 e. The Kier molecular flexibility index (Phi) is 3.23. The molecule has 2 aromatic carbocycles. The molecule has 3 rings (SSSR count). The molecule has 0 spiro atoms. The third kappa shape index (κ3) is 2.11. The number of para-hydroxylation sites is 1. The summed E-state index contributed by atoms with van der Waals surface area (Å²) in [5, 5.41) is 14.0. The number of hydrogen-bond acceptors (Lipinski definition) is 3. The molecular formula is C16H17NO2. The van der Waals surface area contributed by atoms with Gasteiger partial charge < -0.3 is 15.2 Å². The minimum atomic E-state index is -0.611. The fraction of sp³-hybridized carbons (Fsp3) is 0.250. The van der Waals surface area contributed by atoms with E-state index in [1.807, 2.05) is 36.4 Å². The van der Waals surface area contributed by atoms with Crippen molar-refractivity contribution in [3.63, 3.8) is 0 Å². The van der Waals surface area contributed by atoms with Gasteiger partial charge in [-0.15, -0.1) is 0 Å². The van der Waals surface area contributed by atoms with Gasteiger partial charge in [0.05, 0.1) is 13.2 Å². The lowest BCUT2D eigenvalue weighted by molar-refractivity contribution is 0.130. The number of hydrogen-bond donors (Lipinski definition) is 2. The number of aliphatic hydroxyl groups is 1. The molecule has 1 aliphatic rings. The first-order chi connectivity index (χ1) is 9.31. The lowest BCUT2D eigenvalue weighted by atomic mass is 9.95. The predicted octanol–water partition coefficient (Wildman–Crippen LogP) is 2.57. The number of rotatable bonds is 3. The fourth-order valence-corrected chi connectivity index (χ4v) is 2.70. The molecule has 2 unspecified atom stereocenters. The molecule has 0 aliphatic carbocycles. The quantitative estimate of drug-likeness (QED) is 0.885. The second kappa shape index (κ2) is 5.03. The van der Waals surface area contributed by atoms with Gasteiger partial charge in [-0.25, -0.2) is 0 Å². The third-order valence-corrected chi connectivity index (χ3v) is 3.68. The lowest BCUT2D eigenvalue weighted by Gasteiger charge is -2.21. The molecular weight excluding hydrogens is 238 g/mol. The first-order valence-corrected chi connectivity index (χ1v) is 6.43. The third-order valence-electron chi connectivity index (χ3n) is 3.68. The topological polar surface area (TPSA) is 41.5 Å². The van der Waals surface area contributed by atoms with Gasteiger partial charge in [-0.3, -0.25) is 0 Å². The zero-order valence-corrected chi connectivity index (χ0v) is 10.8. The summed E-state index contributed by atoms with van der Waals surface area (Å²) in [7, 11) is 1.63. The van der Waals surface area contributed by atoms with Gasteiger partial charge in [-0.05, 0) is 17.2 Å². The molecule has 0 saturated carbocycles. The summed E-state index contributed by atoms with van der Waals surface area (Å²) in [6.45, 7) is 0.799. The van der Waals surface area contributed by atoms with E-state index in [1.54, 1.807) is 7.11 Å². The zero-order chi connectivity index (χ0) is 13.2. The summed E-state index contributed by atoms with van der Waals surface area (Å²) in [4.78, 5) is 0. The maximum Gasteiger partial charge on any atom is 0.124 e. The van der Waals surface area contributed by atoms with Gasteiger partial charge in [0.15, 0.2) is 0 Å². The SMILES string of the molecule is COc1ccccc1C(O)C1NCc2ccccc21. The molecule has 0 bridgehead atoms. The van der Waals surface area contributed by atoms with Crippen molar-refractivity contribution < 1.29 is 9.84 Å². The molecule has 2 N–H and O–H groups in total. The first kappa shape index (κ1) is 12.2. The molecule has 3 nitrogen and oxygen atoms in total. The number of methoxy groups -OCH3 is 1. The van der Waals surface area contributed by atoms with Crippen LogP contribution in [0.3, 0.4) is 0 Å². The summed E-state index contributed by atoms with van der Waals surface area (Å²) in [6.07, 6.45) is -0.611. The summed E-state index contributed by atoms with van der Waals surface area (Å²) >= 11 is 0. The van der Waals surface area contributed by atoms with E-state index in [0.717, 1.165) is 17.9 Å². The van der Waals surface area contributed by atoms with Gasteiger partial charge >= 0.3 is 0 Å². The molecule has 2 aromatic rings. The summed E-state index contributed by atoms with van der Waals surface area (Å²) < 4.78 is 5.33. The van der Waals surface area contributed by atoms with Gasteiger partial charge in [-0.2, -0.15) is 0 Å². The van der Waals surface area contributed by atoms with Crippen molar-refractivity contribution in [3.05, 3.63) is 65.2 Å². The standard InChI is InChI=1S/C16H17NO2/c1-19-14-9-5-4-8-13(14)16(18)15-12-7-3-2-6-11(12)10-17-15/h2-9,15-18H,10H2,1H3. The monoisotopic (exact) mass is 255 g/mol. The normalized spacial score (nSPS) is 18.9. The molecule has 0 amide bonds. The molecule has 0 fully saturated rings. The second-order valence-corrected chi connectivity index (χ2v) is 4.74. The molecule has 1 aliphatic heterocycles. The number of ether oxygens (including phenoxy) is 1. The van der Waals surface area contributed by atoms with Crippen LogP contribution in [0.1, 0.15) is 28.8 Å². The van der Waals surface area contributed by atoms with E-state index in [9.17, 15) is 5.11 Å².